The van der Waals surface area contributed by atoms with Crippen molar-refractivity contribution >= 4 is 23.0 Å². The van der Waals surface area contributed by atoms with Gasteiger partial charge in [0.05, 0.1) is 6.61 Å². The predicted molar refractivity (Wildman–Crippen MR) is 70.5 cm³/mol. The molecule has 16 heavy (non-hydrogen) atoms. The molecule has 0 aliphatic heterocycles. The fourth-order valence-electron chi connectivity index (χ4n) is 1.09. The summed E-state index contributed by atoms with van der Waals surface area (Å²) in [6, 6.07) is 7.50. The van der Waals surface area contributed by atoms with Crippen LogP contribution in [0.4, 0.5) is 5.69 Å². The minimum absolute atomic E-state index is 0.575. The molecular formula is C12H14N2OS. The lowest BCUT2D eigenvalue weighted by Crippen LogP contribution is -2.31. The van der Waals surface area contributed by atoms with Crippen LogP contribution in [0, 0.1) is 12.3 Å². The number of anilines is 1. The maximum Gasteiger partial charge on any atom is 0.170 e. The first kappa shape index (κ1) is 12.5. The van der Waals surface area contributed by atoms with E-state index < -0.39 is 0 Å². The molecule has 0 unspecified atom stereocenters. The highest BCUT2D eigenvalue weighted by atomic mass is 32.1. The fourth-order valence-corrected chi connectivity index (χ4v) is 1.31. The average Bonchev–Trinajstić information content (AvgIpc) is 2.30. The number of thiocarbonyl (C=S) groups is 1. The molecule has 1 aromatic rings. The van der Waals surface area contributed by atoms with Gasteiger partial charge in [0, 0.05) is 24.9 Å². The van der Waals surface area contributed by atoms with Gasteiger partial charge in [-0.25, -0.2) is 0 Å². The molecule has 1 rings (SSSR count). The van der Waals surface area contributed by atoms with Crippen molar-refractivity contribution in [1.29, 1.82) is 0 Å². The molecule has 0 aromatic heterocycles. The third-order valence-electron chi connectivity index (χ3n) is 1.90. The Morgan fingerprint density at radius 2 is 2.12 bits per heavy atom. The second kappa shape index (κ2) is 6.83. The van der Waals surface area contributed by atoms with E-state index >= 15 is 0 Å². The smallest absolute Gasteiger partial charge is 0.170 e. The lowest BCUT2D eigenvalue weighted by Gasteiger charge is -2.09. The van der Waals surface area contributed by atoms with Gasteiger partial charge >= 0.3 is 0 Å². The van der Waals surface area contributed by atoms with E-state index in [1.165, 1.54) is 0 Å². The average molecular weight is 234 g/mol. The molecule has 0 heterocycles. The van der Waals surface area contributed by atoms with Crippen LogP contribution in [-0.2, 0) is 4.74 Å². The van der Waals surface area contributed by atoms with Crippen LogP contribution in [0.25, 0.3) is 0 Å². The molecule has 0 aliphatic carbocycles. The first-order valence-electron chi connectivity index (χ1n) is 4.86. The third-order valence-corrected chi connectivity index (χ3v) is 2.15. The Morgan fingerprint density at radius 1 is 1.44 bits per heavy atom. The highest BCUT2D eigenvalue weighted by Gasteiger charge is 1.96. The predicted octanol–water partition coefficient (Wildman–Crippen LogP) is 1.60. The van der Waals surface area contributed by atoms with Crippen LogP contribution >= 0.6 is 12.2 Å². The standard InChI is InChI=1S/C12H14N2OS/c1-3-10-4-6-11(7-5-10)14-12(16)13-8-9-15-2/h1,4-7H,8-9H2,2H3,(H2,13,14,16). The number of terminal acetylenes is 1. The largest absolute Gasteiger partial charge is 0.383 e. The zero-order chi connectivity index (χ0) is 11.8. The van der Waals surface area contributed by atoms with Gasteiger partial charge in [0.25, 0.3) is 0 Å². The van der Waals surface area contributed by atoms with Crippen LogP contribution in [0.1, 0.15) is 5.56 Å². The van der Waals surface area contributed by atoms with Crippen LogP contribution in [0.2, 0.25) is 0 Å². The Hall–Kier alpha value is -1.57. The van der Waals surface area contributed by atoms with Gasteiger partial charge in [0.1, 0.15) is 0 Å². The summed E-state index contributed by atoms with van der Waals surface area (Å²) in [5.41, 5.74) is 1.76. The molecule has 0 radical (unpaired) electrons. The van der Waals surface area contributed by atoms with Crippen LogP contribution in [-0.4, -0.2) is 25.4 Å². The van der Waals surface area contributed by atoms with Crippen LogP contribution in [0.5, 0.6) is 0 Å². The Balaban J connectivity index is 2.41. The number of ether oxygens (including phenoxy) is 1. The zero-order valence-corrected chi connectivity index (χ0v) is 9.93. The number of methoxy groups -OCH3 is 1. The molecule has 2 N–H and O–H groups in total. The number of rotatable bonds is 4. The minimum Gasteiger partial charge on any atom is -0.383 e. The zero-order valence-electron chi connectivity index (χ0n) is 9.12. The second-order valence-electron chi connectivity index (χ2n) is 3.10. The molecule has 0 amide bonds. The normalized spacial score (nSPS) is 9.25. The molecule has 0 saturated heterocycles. The fraction of sp³-hybridized carbons (Fsp3) is 0.250. The Morgan fingerprint density at radius 3 is 2.69 bits per heavy atom. The summed E-state index contributed by atoms with van der Waals surface area (Å²) in [5.74, 6) is 2.56. The molecule has 0 fully saturated rings. The molecule has 1 aromatic carbocycles. The molecule has 0 aliphatic rings. The van der Waals surface area contributed by atoms with Crippen LogP contribution in [0.3, 0.4) is 0 Å². The van der Waals surface area contributed by atoms with E-state index in [4.69, 9.17) is 23.4 Å². The van der Waals surface area contributed by atoms with E-state index in [1.807, 2.05) is 24.3 Å². The summed E-state index contributed by atoms with van der Waals surface area (Å²) in [4.78, 5) is 0. The molecule has 84 valence electrons. The van der Waals surface area contributed by atoms with E-state index in [9.17, 15) is 0 Å². The van der Waals surface area contributed by atoms with Gasteiger partial charge in [0.15, 0.2) is 5.11 Å². The molecule has 0 spiro atoms. The lowest BCUT2D eigenvalue weighted by atomic mass is 10.2. The van der Waals surface area contributed by atoms with Crippen LogP contribution < -0.4 is 10.6 Å². The van der Waals surface area contributed by atoms with Crippen molar-refractivity contribution < 1.29 is 4.74 Å². The van der Waals surface area contributed by atoms with E-state index in [0.717, 1.165) is 11.3 Å². The van der Waals surface area contributed by atoms with E-state index in [1.54, 1.807) is 7.11 Å². The van der Waals surface area contributed by atoms with Crippen molar-refractivity contribution in [2.75, 3.05) is 25.6 Å². The Labute approximate surface area is 101 Å². The van der Waals surface area contributed by atoms with Crippen molar-refractivity contribution in [2.24, 2.45) is 0 Å². The number of hydrogen-bond acceptors (Lipinski definition) is 2. The van der Waals surface area contributed by atoms with Crippen molar-refractivity contribution in [3.63, 3.8) is 0 Å². The molecule has 0 saturated carbocycles. The number of benzene rings is 1. The van der Waals surface area contributed by atoms with Crippen molar-refractivity contribution in [2.45, 2.75) is 0 Å². The molecular weight excluding hydrogens is 220 g/mol. The summed E-state index contributed by atoms with van der Waals surface area (Å²) in [7, 11) is 1.65. The highest BCUT2D eigenvalue weighted by molar-refractivity contribution is 7.80. The SMILES string of the molecule is C#Cc1ccc(NC(=S)NCCOC)cc1. The number of hydrogen-bond donors (Lipinski definition) is 2. The first-order chi connectivity index (χ1) is 7.76. The molecule has 0 bridgehead atoms. The topological polar surface area (TPSA) is 33.3 Å². The van der Waals surface area contributed by atoms with Gasteiger partial charge in [0.2, 0.25) is 0 Å². The van der Waals surface area contributed by atoms with E-state index in [0.29, 0.717) is 18.3 Å². The molecule has 4 heteroatoms. The summed E-state index contributed by atoms with van der Waals surface area (Å²) < 4.78 is 4.90. The van der Waals surface area contributed by atoms with E-state index in [-0.39, 0.29) is 0 Å². The van der Waals surface area contributed by atoms with E-state index in [2.05, 4.69) is 16.6 Å². The maximum absolute atomic E-state index is 5.26. The van der Waals surface area contributed by atoms with Crippen molar-refractivity contribution in [3.05, 3.63) is 29.8 Å². The number of nitrogens with one attached hydrogen (secondary N) is 2. The van der Waals surface area contributed by atoms with Crippen molar-refractivity contribution in [3.8, 4) is 12.3 Å². The first-order valence-corrected chi connectivity index (χ1v) is 5.27. The van der Waals surface area contributed by atoms with Gasteiger partial charge in [-0.3, -0.25) is 0 Å². The van der Waals surface area contributed by atoms with Crippen molar-refractivity contribution in [1.82, 2.24) is 5.32 Å². The minimum atomic E-state index is 0.575. The van der Waals surface area contributed by atoms with Gasteiger partial charge in [-0.2, -0.15) is 0 Å². The Kier molecular flexibility index (Phi) is 5.34. The van der Waals surface area contributed by atoms with Crippen LogP contribution in [0.15, 0.2) is 24.3 Å². The molecule has 3 nitrogen and oxygen atoms in total. The monoisotopic (exact) mass is 234 g/mol. The Bertz CT molecular complexity index is 381. The molecule has 0 atom stereocenters. The van der Waals surface area contributed by atoms with Gasteiger partial charge < -0.3 is 15.4 Å². The van der Waals surface area contributed by atoms with Gasteiger partial charge in [-0.15, -0.1) is 6.42 Å². The second-order valence-corrected chi connectivity index (χ2v) is 3.50. The summed E-state index contributed by atoms with van der Waals surface area (Å²) in [5, 5.41) is 6.64. The summed E-state index contributed by atoms with van der Waals surface area (Å²) >= 11 is 5.09. The van der Waals surface area contributed by atoms with Gasteiger partial charge in [-0.05, 0) is 36.5 Å². The summed E-state index contributed by atoms with van der Waals surface area (Å²) in [6.07, 6.45) is 5.26. The maximum atomic E-state index is 5.26. The highest BCUT2D eigenvalue weighted by Crippen LogP contribution is 2.08. The third kappa shape index (κ3) is 4.30. The van der Waals surface area contributed by atoms with Gasteiger partial charge in [-0.1, -0.05) is 5.92 Å². The quantitative estimate of drug-likeness (QED) is 0.471. The summed E-state index contributed by atoms with van der Waals surface area (Å²) in [6.45, 7) is 1.31. The lowest BCUT2D eigenvalue weighted by molar-refractivity contribution is 0.204.